The van der Waals surface area contributed by atoms with Gasteiger partial charge in [0.05, 0.1) is 6.54 Å². The largest absolute Gasteiger partial charge is 0.492 e. The zero-order valence-corrected chi connectivity index (χ0v) is 9.90. The van der Waals surface area contributed by atoms with Gasteiger partial charge in [-0.2, -0.15) is 12.6 Å². The molecule has 1 unspecified atom stereocenters. The summed E-state index contributed by atoms with van der Waals surface area (Å²) in [4.78, 5) is 13.3. The first kappa shape index (κ1) is 11.3. The molecule has 1 fully saturated rings. The summed E-state index contributed by atoms with van der Waals surface area (Å²) in [5.41, 5.74) is 0. The first-order valence-electron chi connectivity index (χ1n) is 5.39. The number of hydrogen-bond acceptors (Lipinski definition) is 3. The number of nitrogens with zero attached hydrogens (tertiary/aromatic N) is 1. The van der Waals surface area contributed by atoms with Crippen LogP contribution in [0.3, 0.4) is 0 Å². The number of thiol groups is 1. The van der Waals surface area contributed by atoms with E-state index in [2.05, 4.69) is 12.6 Å². The summed E-state index contributed by atoms with van der Waals surface area (Å²) in [5, 5.41) is 0.184. The molecule has 1 aliphatic rings. The molecular weight excluding hydrogens is 222 g/mol. The molecule has 1 amide bonds. The number of carbonyl (C=O) groups excluding carboxylic acids is 1. The van der Waals surface area contributed by atoms with E-state index in [0.717, 1.165) is 12.3 Å². The Morgan fingerprint density at radius 2 is 2.12 bits per heavy atom. The Morgan fingerprint density at radius 3 is 2.75 bits per heavy atom. The standard InChI is InChI=1S/C12H15NO2S/c14-12-8-11(16)9-13(12)6-7-15-10-4-2-1-3-5-10/h1-5,11,16H,6-9H2. The van der Waals surface area contributed by atoms with Gasteiger partial charge in [0.15, 0.2) is 0 Å². The molecule has 1 aromatic carbocycles. The Bertz CT molecular complexity index is 355. The number of rotatable bonds is 4. The molecule has 16 heavy (non-hydrogen) atoms. The van der Waals surface area contributed by atoms with Gasteiger partial charge in [0.25, 0.3) is 0 Å². The van der Waals surface area contributed by atoms with Crippen molar-refractivity contribution in [2.45, 2.75) is 11.7 Å². The van der Waals surface area contributed by atoms with Gasteiger partial charge in [-0.05, 0) is 12.1 Å². The topological polar surface area (TPSA) is 29.5 Å². The zero-order chi connectivity index (χ0) is 11.4. The highest BCUT2D eigenvalue weighted by Gasteiger charge is 2.26. The van der Waals surface area contributed by atoms with Gasteiger partial charge in [0, 0.05) is 18.2 Å². The van der Waals surface area contributed by atoms with Crippen LogP contribution in [-0.4, -0.2) is 35.8 Å². The fraction of sp³-hybridized carbons (Fsp3) is 0.417. The van der Waals surface area contributed by atoms with Gasteiger partial charge in [-0.25, -0.2) is 0 Å². The number of hydrogen-bond donors (Lipinski definition) is 1. The Hall–Kier alpha value is -1.16. The van der Waals surface area contributed by atoms with Gasteiger partial charge in [0.2, 0.25) is 5.91 Å². The summed E-state index contributed by atoms with van der Waals surface area (Å²) < 4.78 is 5.53. The summed E-state index contributed by atoms with van der Waals surface area (Å²) in [5.74, 6) is 1.02. The molecule has 4 heteroatoms. The van der Waals surface area contributed by atoms with E-state index in [1.807, 2.05) is 30.3 Å². The van der Waals surface area contributed by atoms with Crippen molar-refractivity contribution in [2.24, 2.45) is 0 Å². The Kier molecular flexibility index (Phi) is 3.72. The third-order valence-electron chi connectivity index (χ3n) is 2.57. The highest BCUT2D eigenvalue weighted by Crippen LogP contribution is 2.15. The van der Waals surface area contributed by atoms with Gasteiger partial charge < -0.3 is 9.64 Å². The normalized spacial score (nSPS) is 20.2. The van der Waals surface area contributed by atoms with Crippen molar-refractivity contribution in [1.82, 2.24) is 4.90 Å². The van der Waals surface area contributed by atoms with E-state index in [4.69, 9.17) is 4.74 Å². The third kappa shape index (κ3) is 2.92. The highest BCUT2D eigenvalue weighted by atomic mass is 32.1. The third-order valence-corrected chi connectivity index (χ3v) is 2.91. The molecule has 1 atom stereocenters. The maximum absolute atomic E-state index is 11.4. The van der Waals surface area contributed by atoms with Crippen LogP contribution in [0.5, 0.6) is 5.75 Å². The maximum atomic E-state index is 11.4. The summed E-state index contributed by atoms with van der Waals surface area (Å²) >= 11 is 4.30. The molecule has 3 nitrogen and oxygen atoms in total. The minimum atomic E-state index is 0.177. The fourth-order valence-electron chi connectivity index (χ4n) is 1.76. The summed E-state index contributed by atoms with van der Waals surface area (Å²) in [6.45, 7) is 1.92. The number of carbonyl (C=O) groups is 1. The molecule has 1 saturated heterocycles. The minimum absolute atomic E-state index is 0.177. The van der Waals surface area contributed by atoms with Crippen LogP contribution < -0.4 is 4.74 Å². The van der Waals surface area contributed by atoms with E-state index in [-0.39, 0.29) is 11.2 Å². The van der Waals surface area contributed by atoms with Crippen molar-refractivity contribution in [3.8, 4) is 5.75 Å². The summed E-state index contributed by atoms with van der Waals surface area (Å²) in [6, 6.07) is 9.63. The lowest BCUT2D eigenvalue weighted by Gasteiger charge is -2.16. The van der Waals surface area contributed by atoms with Gasteiger partial charge >= 0.3 is 0 Å². The molecule has 0 aliphatic carbocycles. The van der Waals surface area contributed by atoms with E-state index in [9.17, 15) is 4.79 Å². The monoisotopic (exact) mass is 237 g/mol. The average Bonchev–Trinajstić information content (AvgIpc) is 2.59. The highest BCUT2D eigenvalue weighted by molar-refractivity contribution is 7.81. The lowest BCUT2D eigenvalue weighted by atomic mass is 10.3. The van der Waals surface area contributed by atoms with Crippen LogP contribution in [0.25, 0.3) is 0 Å². The van der Waals surface area contributed by atoms with Crippen LogP contribution in [0, 0.1) is 0 Å². The van der Waals surface area contributed by atoms with Gasteiger partial charge in [-0.15, -0.1) is 0 Å². The van der Waals surface area contributed by atoms with E-state index < -0.39 is 0 Å². The smallest absolute Gasteiger partial charge is 0.223 e. The zero-order valence-electron chi connectivity index (χ0n) is 9.00. The van der Waals surface area contributed by atoms with E-state index in [0.29, 0.717) is 19.6 Å². The molecule has 0 saturated carbocycles. The maximum Gasteiger partial charge on any atom is 0.223 e. The molecule has 1 heterocycles. The number of likely N-dealkylation sites (tertiary alicyclic amines) is 1. The number of para-hydroxylation sites is 1. The number of benzene rings is 1. The van der Waals surface area contributed by atoms with Crippen molar-refractivity contribution >= 4 is 18.5 Å². The molecule has 2 rings (SSSR count). The Balaban J connectivity index is 1.74. The predicted molar refractivity (Wildman–Crippen MR) is 65.9 cm³/mol. The molecule has 0 N–H and O–H groups in total. The quantitative estimate of drug-likeness (QED) is 0.806. The lowest BCUT2D eigenvalue weighted by Crippen LogP contribution is -2.29. The lowest BCUT2D eigenvalue weighted by molar-refractivity contribution is -0.127. The van der Waals surface area contributed by atoms with E-state index >= 15 is 0 Å². The molecule has 0 bridgehead atoms. The van der Waals surface area contributed by atoms with Crippen molar-refractivity contribution < 1.29 is 9.53 Å². The Labute approximate surface area is 101 Å². The van der Waals surface area contributed by atoms with Crippen molar-refractivity contribution in [3.63, 3.8) is 0 Å². The average molecular weight is 237 g/mol. The Morgan fingerprint density at radius 1 is 1.38 bits per heavy atom. The number of ether oxygens (including phenoxy) is 1. The van der Waals surface area contributed by atoms with Gasteiger partial charge in [-0.1, -0.05) is 18.2 Å². The second-order valence-electron chi connectivity index (χ2n) is 3.86. The van der Waals surface area contributed by atoms with E-state index in [1.165, 1.54) is 0 Å². The fourth-order valence-corrected chi connectivity index (χ4v) is 2.11. The molecule has 0 aromatic heterocycles. The second-order valence-corrected chi connectivity index (χ2v) is 4.59. The van der Waals surface area contributed by atoms with Crippen molar-refractivity contribution in [1.29, 1.82) is 0 Å². The molecule has 1 aromatic rings. The van der Waals surface area contributed by atoms with E-state index in [1.54, 1.807) is 4.90 Å². The first-order valence-corrected chi connectivity index (χ1v) is 5.91. The van der Waals surface area contributed by atoms with Gasteiger partial charge in [-0.3, -0.25) is 4.79 Å². The van der Waals surface area contributed by atoms with Gasteiger partial charge in [0.1, 0.15) is 12.4 Å². The minimum Gasteiger partial charge on any atom is -0.492 e. The predicted octanol–water partition coefficient (Wildman–Crippen LogP) is 1.60. The van der Waals surface area contributed by atoms with Crippen LogP contribution in [0.4, 0.5) is 0 Å². The molecule has 1 aliphatic heterocycles. The molecule has 0 radical (unpaired) electrons. The van der Waals surface area contributed by atoms with Crippen LogP contribution >= 0.6 is 12.6 Å². The molecule has 0 spiro atoms. The SMILES string of the molecule is O=C1CC(S)CN1CCOc1ccccc1. The summed E-state index contributed by atoms with van der Waals surface area (Å²) in [7, 11) is 0. The van der Waals surface area contributed by atoms with Crippen LogP contribution in [0.2, 0.25) is 0 Å². The first-order chi connectivity index (χ1) is 7.75. The van der Waals surface area contributed by atoms with Crippen molar-refractivity contribution in [3.05, 3.63) is 30.3 Å². The van der Waals surface area contributed by atoms with Crippen LogP contribution in [-0.2, 0) is 4.79 Å². The van der Waals surface area contributed by atoms with Crippen molar-refractivity contribution in [2.75, 3.05) is 19.7 Å². The van der Waals surface area contributed by atoms with Crippen LogP contribution in [0.1, 0.15) is 6.42 Å². The second kappa shape index (κ2) is 5.25. The number of amides is 1. The molecule has 86 valence electrons. The molecular formula is C12H15NO2S. The van der Waals surface area contributed by atoms with Crippen LogP contribution in [0.15, 0.2) is 30.3 Å². The summed E-state index contributed by atoms with van der Waals surface area (Å²) in [6.07, 6.45) is 0.550.